The molecule has 3 N–H and O–H groups in total. The molecule has 1 heterocycles. The number of piperazine rings is 1. The minimum atomic E-state index is -4.33. The maximum atomic E-state index is 13.7. The first-order chi connectivity index (χ1) is 9.23. The first kappa shape index (κ1) is 14.4. The van der Waals surface area contributed by atoms with Gasteiger partial charge in [-0.15, -0.1) is 0 Å². The van der Waals surface area contributed by atoms with Crippen molar-refractivity contribution in [2.45, 2.75) is 17.9 Å². The number of nitrogens with two attached hydrogens (primary N) is 1. The number of hydrogen-bond donors (Lipinski definition) is 2. The molecule has 0 radical (unpaired) electrons. The van der Waals surface area contributed by atoms with E-state index in [4.69, 9.17) is 5.73 Å². The van der Waals surface area contributed by atoms with Crippen molar-refractivity contribution >= 4 is 27.5 Å². The molecule has 1 aromatic carbocycles. The summed E-state index contributed by atoms with van der Waals surface area (Å²) < 4.78 is 39.1. The number of rotatable bonds is 2. The number of nitrogens with one attached hydrogen (secondary N) is 1. The van der Waals surface area contributed by atoms with Crippen LogP contribution in [-0.2, 0) is 19.6 Å². The van der Waals surface area contributed by atoms with Gasteiger partial charge in [0.2, 0.25) is 21.8 Å². The van der Waals surface area contributed by atoms with Crippen LogP contribution in [0.3, 0.4) is 0 Å². The van der Waals surface area contributed by atoms with Crippen molar-refractivity contribution in [3.8, 4) is 0 Å². The molecule has 0 aromatic heterocycles. The van der Waals surface area contributed by atoms with Crippen LogP contribution >= 0.6 is 0 Å². The molecule has 0 saturated carbocycles. The lowest BCUT2D eigenvalue weighted by Crippen LogP contribution is -2.58. The molecule has 108 valence electrons. The molecule has 1 fully saturated rings. The van der Waals surface area contributed by atoms with E-state index >= 15 is 0 Å². The molecule has 7 nitrogen and oxygen atoms in total. The number of nitrogens with zero attached hydrogens (tertiary/aromatic N) is 1. The van der Waals surface area contributed by atoms with Gasteiger partial charge < -0.3 is 5.73 Å². The van der Waals surface area contributed by atoms with Crippen molar-refractivity contribution in [2.75, 3.05) is 12.3 Å². The predicted molar refractivity (Wildman–Crippen MR) is 67.3 cm³/mol. The van der Waals surface area contributed by atoms with Gasteiger partial charge in [-0.25, -0.2) is 12.8 Å². The number of sulfonamides is 1. The summed E-state index contributed by atoms with van der Waals surface area (Å²) >= 11 is 0. The monoisotopic (exact) mass is 301 g/mol. The largest absolute Gasteiger partial charge is 0.399 e. The maximum absolute atomic E-state index is 13.7. The fraction of sp³-hybridized carbons (Fsp3) is 0.273. The zero-order valence-corrected chi connectivity index (χ0v) is 11.3. The Labute approximate surface area is 114 Å². The van der Waals surface area contributed by atoms with Crippen LogP contribution in [0.5, 0.6) is 0 Å². The number of imide groups is 1. The van der Waals surface area contributed by atoms with E-state index in [2.05, 4.69) is 0 Å². The minimum Gasteiger partial charge on any atom is -0.399 e. The number of amides is 2. The van der Waals surface area contributed by atoms with Gasteiger partial charge in [-0.1, -0.05) is 0 Å². The van der Waals surface area contributed by atoms with E-state index in [-0.39, 0.29) is 5.69 Å². The summed E-state index contributed by atoms with van der Waals surface area (Å²) in [4.78, 5) is 22.1. The SMILES string of the molecule is CC1C(=O)NC(=O)CN1S(=O)(=O)c1cc(N)ccc1F. The third-order valence-corrected chi connectivity index (χ3v) is 4.85. The van der Waals surface area contributed by atoms with Crippen molar-refractivity contribution in [1.29, 1.82) is 0 Å². The van der Waals surface area contributed by atoms with Gasteiger partial charge in [0, 0.05) is 5.69 Å². The minimum absolute atomic E-state index is 0.0606. The number of halogens is 1. The van der Waals surface area contributed by atoms with Crippen LogP contribution in [-0.4, -0.2) is 37.1 Å². The summed E-state index contributed by atoms with van der Waals surface area (Å²) in [5, 5.41) is 2.01. The number of benzene rings is 1. The summed E-state index contributed by atoms with van der Waals surface area (Å²) in [6, 6.07) is 1.97. The van der Waals surface area contributed by atoms with Gasteiger partial charge in [0.25, 0.3) is 0 Å². The average Bonchev–Trinajstić information content (AvgIpc) is 2.36. The maximum Gasteiger partial charge on any atom is 0.247 e. The highest BCUT2D eigenvalue weighted by Gasteiger charge is 2.40. The van der Waals surface area contributed by atoms with Crippen LogP contribution < -0.4 is 11.1 Å². The number of carbonyl (C=O) groups is 2. The Morgan fingerprint density at radius 1 is 1.40 bits per heavy atom. The van der Waals surface area contributed by atoms with Crippen molar-refractivity contribution in [2.24, 2.45) is 0 Å². The quantitative estimate of drug-likeness (QED) is 0.562. The molecule has 1 saturated heterocycles. The van der Waals surface area contributed by atoms with E-state index in [1.165, 1.54) is 13.0 Å². The second-order valence-corrected chi connectivity index (χ2v) is 6.19. The van der Waals surface area contributed by atoms with Crippen LogP contribution in [0.25, 0.3) is 0 Å². The molecule has 1 aliphatic rings. The highest BCUT2D eigenvalue weighted by molar-refractivity contribution is 7.89. The smallest absolute Gasteiger partial charge is 0.247 e. The number of nitrogen functional groups attached to an aromatic ring is 1. The second-order valence-electron chi connectivity index (χ2n) is 4.33. The fourth-order valence-corrected chi connectivity index (χ4v) is 3.48. The van der Waals surface area contributed by atoms with Gasteiger partial charge in [0.1, 0.15) is 16.8 Å². The van der Waals surface area contributed by atoms with E-state index in [9.17, 15) is 22.4 Å². The lowest BCUT2D eigenvalue weighted by molar-refractivity contribution is -0.136. The summed E-state index contributed by atoms with van der Waals surface area (Å²) in [7, 11) is -4.33. The molecule has 0 aliphatic carbocycles. The molecule has 0 spiro atoms. The zero-order valence-electron chi connectivity index (χ0n) is 10.5. The van der Waals surface area contributed by atoms with Gasteiger partial charge >= 0.3 is 0 Å². The van der Waals surface area contributed by atoms with Crippen molar-refractivity contribution in [1.82, 2.24) is 9.62 Å². The van der Waals surface area contributed by atoms with Gasteiger partial charge in [-0.05, 0) is 25.1 Å². The Morgan fingerprint density at radius 2 is 2.05 bits per heavy atom. The number of anilines is 1. The lowest BCUT2D eigenvalue weighted by atomic mass is 10.2. The van der Waals surface area contributed by atoms with Gasteiger partial charge in [-0.2, -0.15) is 4.31 Å². The zero-order chi connectivity index (χ0) is 15.1. The first-order valence-electron chi connectivity index (χ1n) is 5.64. The van der Waals surface area contributed by atoms with Crippen LogP contribution in [0.4, 0.5) is 10.1 Å². The summed E-state index contributed by atoms with van der Waals surface area (Å²) in [5.74, 6) is -2.51. The Balaban J connectivity index is 2.51. The third kappa shape index (κ3) is 2.37. The predicted octanol–water partition coefficient (Wildman–Crippen LogP) is -0.557. The molecular formula is C11H12FN3O4S. The Bertz CT molecular complexity index is 689. The summed E-state index contributed by atoms with van der Waals surface area (Å²) in [5.41, 5.74) is 5.51. The Kier molecular flexibility index (Phi) is 3.48. The summed E-state index contributed by atoms with van der Waals surface area (Å²) in [6.07, 6.45) is 0. The number of carbonyl (C=O) groups excluding carboxylic acids is 2. The normalized spacial score (nSPS) is 20.8. The van der Waals surface area contributed by atoms with E-state index in [1.807, 2.05) is 5.32 Å². The first-order valence-corrected chi connectivity index (χ1v) is 7.08. The molecule has 2 amide bonds. The van der Waals surface area contributed by atoms with E-state index in [0.29, 0.717) is 4.31 Å². The van der Waals surface area contributed by atoms with E-state index in [0.717, 1.165) is 12.1 Å². The fourth-order valence-electron chi connectivity index (χ4n) is 1.83. The third-order valence-electron chi connectivity index (χ3n) is 2.92. The van der Waals surface area contributed by atoms with Crippen LogP contribution in [0, 0.1) is 5.82 Å². The molecule has 1 aromatic rings. The summed E-state index contributed by atoms with van der Waals surface area (Å²) in [6.45, 7) is 0.757. The molecule has 2 rings (SSSR count). The second kappa shape index (κ2) is 4.84. The molecule has 9 heteroatoms. The molecular weight excluding hydrogens is 289 g/mol. The highest BCUT2D eigenvalue weighted by atomic mass is 32.2. The number of hydrogen-bond acceptors (Lipinski definition) is 5. The lowest BCUT2D eigenvalue weighted by Gasteiger charge is -2.30. The van der Waals surface area contributed by atoms with Crippen molar-refractivity contribution < 1.29 is 22.4 Å². The molecule has 0 bridgehead atoms. The van der Waals surface area contributed by atoms with Gasteiger partial charge in [-0.3, -0.25) is 14.9 Å². The Hall–Kier alpha value is -2.00. The highest BCUT2D eigenvalue weighted by Crippen LogP contribution is 2.24. The van der Waals surface area contributed by atoms with Gasteiger partial charge in [0.15, 0.2) is 0 Å². The van der Waals surface area contributed by atoms with Crippen molar-refractivity contribution in [3.05, 3.63) is 24.0 Å². The van der Waals surface area contributed by atoms with E-state index in [1.54, 1.807) is 0 Å². The Morgan fingerprint density at radius 3 is 2.70 bits per heavy atom. The van der Waals surface area contributed by atoms with Crippen LogP contribution in [0.15, 0.2) is 23.1 Å². The molecule has 20 heavy (non-hydrogen) atoms. The van der Waals surface area contributed by atoms with Crippen LogP contribution in [0.2, 0.25) is 0 Å². The van der Waals surface area contributed by atoms with Crippen molar-refractivity contribution in [3.63, 3.8) is 0 Å². The molecule has 1 aliphatic heterocycles. The van der Waals surface area contributed by atoms with Crippen LogP contribution in [0.1, 0.15) is 6.92 Å². The van der Waals surface area contributed by atoms with Gasteiger partial charge in [0.05, 0.1) is 6.54 Å². The standard InChI is InChI=1S/C11H12FN3O4S/c1-6-11(17)14-10(16)5-15(6)20(18,19)9-4-7(13)2-3-8(9)12/h2-4,6H,5,13H2,1H3,(H,14,16,17). The topological polar surface area (TPSA) is 110 Å². The molecule has 1 unspecified atom stereocenters. The average molecular weight is 301 g/mol. The molecule has 1 atom stereocenters. The van der Waals surface area contributed by atoms with E-state index < -0.39 is 45.1 Å².